The van der Waals surface area contributed by atoms with E-state index in [0.29, 0.717) is 11.5 Å². The number of amides is 1. The van der Waals surface area contributed by atoms with Crippen LogP contribution < -0.4 is 5.73 Å². The Balaban J connectivity index is 2.86. The molecule has 0 bridgehead atoms. The predicted octanol–water partition coefficient (Wildman–Crippen LogP) is 2.30. The molecule has 1 aromatic rings. The maximum atomic E-state index is 12.3. The molecule has 0 saturated carbocycles. The molecule has 0 radical (unpaired) electrons. The lowest BCUT2D eigenvalue weighted by molar-refractivity contribution is 0.0786. The van der Waals surface area contributed by atoms with Crippen LogP contribution in [-0.2, 0) is 0 Å². The summed E-state index contributed by atoms with van der Waals surface area (Å²) in [7, 11) is 1.78. The summed E-state index contributed by atoms with van der Waals surface area (Å²) in [6, 6.07) is 5.89. The topological polar surface area (TPSA) is 46.3 Å². The number of rotatable bonds is 4. The van der Waals surface area contributed by atoms with Crippen molar-refractivity contribution < 1.29 is 4.79 Å². The zero-order valence-electron chi connectivity index (χ0n) is 11.4. The first kappa shape index (κ1) is 14.6. The Morgan fingerprint density at radius 1 is 1.44 bits per heavy atom. The van der Waals surface area contributed by atoms with Gasteiger partial charge in [0.1, 0.15) is 0 Å². The van der Waals surface area contributed by atoms with Gasteiger partial charge in [-0.1, -0.05) is 36.8 Å². The monoisotopic (exact) mass is 264 g/mol. The fraction of sp³-hybridized carbons (Fsp3) is 0.429. The van der Waals surface area contributed by atoms with Gasteiger partial charge in [0.25, 0.3) is 5.91 Å². The van der Waals surface area contributed by atoms with Crippen molar-refractivity contribution in [3.8, 4) is 0 Å². The molecule has 98 valence electrons. The Hall–Kier alpha value is -1.42. The summed E-state index contributed by atoms with van der Waals surface area (Å²) in [6.07, 6.45) is 0. The molecular formula is C14H20N2OS. The Morgan fingerprint density at radius 2 is 2.06 bits per heavy atom. The number of thiocarbonyl (C=S) groups is 1. The first-order valence-electron chi connectivity index (χ1n) is 5.95. The smallest absolute Gasteiger partial charge is 0.253 e. The maximum Gasteiger partial charge on any atom is 0.253 e. The molecule has 3 nitrogen and oxygen atoms in total. The summed E-state index contributed by atoms with van der Waals surface area (Å²) in [6.45, 7) is 6.39. The van der Waals surface area contributed by atoms with E-state index < -0.39 is 0 Å². The summed E-state index contributed by atoms with van der Waals surface area (Å²) < 4.78 is 0. The molecule has 2 N–H and O–H groups in total. The van der Waals surface area contributed by atoms with Gasteiger partial charge in [0.2, 0.25) is 0 Å². The second-order valence-corrected chi connectivity index (χ2v) is 5.28. The van der Waals surface area contributed by atoms with Crippen molar-refractivity contribution in [3.63, 3.8) is 0 Å². The van der Waals surface area contributed by atoms with E-state index in [1.54, 1.807) is 11.9 Å². The minimum absolute atomic E-state index is 0.0132. The van der Waals surface area contributed by atoms with Gasteiger partial charge in [-0.05, 0) is 25.5 Å². The lowest BCUT2D eigenvalue weighted by Gasteiger charge is -2.22. The van der Waals surface area contributed by atoms with Crippen LogP contribution in [0.1, 0.15) is 28.4 Å². The lowest BCUT2D eigenvalue weighted by atomic mass is 10.0. The van der Waals surface area contributed by atoms with E-state index in [1.807, 2.05) is 39.0 Å². The standard InChI is InChI=1S/C14H20N2OS/c1-9-5-6-10(2)12(7-9)14(17)16(4)8-11(3)13(15)18/h5-7,11H,8H2,1-4H3,(H2,15,18). The van der Waals surface area contributed by atoms with Crippen molar-refractivity contribution >= 4 is 23.1 Å². The molecule has 18 heavy (non-hydrogen) atoms. The van der Waals surface area contributed by atoms with E-state index in [9.17, 15) is 4.79 Å². The quantitative estimate of drug-likeness (QED) is 0.849. The Morgan fingerprint density at radius 3 is 2.61 bits per heavy atom. The maximum absolute atomic E-state index is 12.3. The zero-order chi connectivity index (χ0) is 13.9. The normalized spacial score (nSPS) is 12.0. The molecular weight excluding hydrogens is 244 g/mol. The van der Waals surface area contributed by atoms with Gasteiger partial charge < -0.3 is 10.6 Å². The van der Waals surface area contributed by atoms with Gasteiger partial charge >= 0.3 is 0 Å². The summed E-state index contributed by atoms with van der Waals surface area (Å²) in [4.78, 5) is 14.4. The molecule has 0 aromatic heterocycles. The third kappa shape index (κ3) is 3.53. The highest BCUT2D eigenvalue weighted by Gasteiger charge is 2.17. The Bertz CT molecular complexity index is 471. The van der Waals surface area contributed by atoms with Crippen molar-refractivity contribution in [2.45, 2.75) is 20.8 Å². The van der Waals surface area contributed by atoms with Gasteiger partial charge in [0, 0.05) is 25.1 Å². The molecule has 0 spiro atoms. The average molecular weight is 264 g/mol. The van der Waals surface area contributed by atoms with Crippen LogP contribution >= 0.6 is 12.2 Å². The molecule has 4 heteroatoms. The Labute approximate surface area is 114 Å². The average Bonchev–Trinajstić information content (AvgIpc) is 2.31. The van der Waals surface area contributed by atoms with Crippen molar-refractivity contribution in [2.75, 3.05) is 13.6 Å². The van der Waals surface area contributed by atoms with Crippen LogP contribution in [0.3, 0.4) is 0 Å². The van der Waals surface area contributed by atoms with Crippen LogP contribution in [0.4, 0.5) is 0 Å². The number of carbonyl (C=O) groups is 1. The molecule has 0 heterocycles. The fourth-order valence-electron chi connectivity index (χ4n) is 1.76. The van der Waals surface area contributed by atoms with Gasteiger partial charge in [0.15, 0.2) is 0 Å². The van der Waals surface area contributed by atoms with E-state index in [2.05, 4.69) is 0 Å². The third-order valence-corrected chi connectivity index (χ3v) is 3.41. The van der Waals surface area contributed by atoms with Crippen LogP contribution in [-0.4, -0.2) is 29.4 Å². The number of carbonyl (C=O) groups excluding carboxylic acids is 1. The minimum Gasteiger partial charge on any atom is -0.393 e. The van der Waals surface area contributed by atoms with Crippen LogP contribution in [0.15, 0.2) is 18.2 Å². The molecule has 0 saturated heterocycles. The van der Waals surface area contributed by atoms with E-state index in [4.69, 9.17) is 18.0 Å². The van der Waals surface area contributed by atoms with Gasteiger partial charge in [0.05, 0.1) is 4.99 Å². The number of nitrogens with two attached hydrogens (primary N) is 1. The highest BCUT2D eigenvalue weighted by atomic mass is 32.1. The molecule has 0 aliphatic carbocycles. The van der Waals surface area contributed by atoms with Gasteiger partial charge in [-0.25, -0.2) is 0 Å². The Kier molecular flexibility index (Phi) is 4.84. The summed E-state index contributed by atoms with van der Waals surface area (Å²) in [5.74, 6) is 0.0402. The molecule has 0 aliphatic heterocycles. The van der Waals surface area contributed by atoms with E-state index in [0.717, 1.165) is 16.7 Å². The summed E-state index contributed by atoms with van der Waals surface area (Å²) >= 11 is 4.93. The first-order chi connectivity index (χ1) is 8.32. The van der Waals surface area contributed by atoms with Crippen molar-refractivity contribution in [1.82, 2.24) is 4.90 Å². The number of hydrogen-bond donors (Lipinski definition) is 1. The number of hydrogen-bond acceptors (Lipinski definition) is 2. The van der Waals surface area contributed by atoms with E-state index in [1.165, 1.54) is 0 Å². The second kappa shape index (κ2) is 5.96. The summed E-state index contributed by atoms with van der Waals surface area (Å²) in [5, 5.41) is 0. The molecule has 1 aromatic carbocycles. The van der Waals surface area contributed by atoms with Gasteiger partial charge in [-0.15, -0.1) is 0 Å². The highest BCUT2D eigenvalue weighted by molar-refractivity contribution is 7.80. The fourth-order valence-corrected chi connectivity index (χ4v) is 1.83. The third-order valence-electron chi connectivity index (χ3n) is 3.00. The van der Waals surface area contributed by atoms with Gasteiger partial charge in [-0.3, -0.25) is 4.79 Å². The van der Waals surface area contributed by atoms with Crippen LogP contribution in [0.2, 0.25) is 0 Å². The van der Waals surface area contributed by atoms with E-state index in [-0.39, 0.29) is 11.8 Å². The number of benzene rings is 1. The second-order valence-electron chi connectivity index (χ2n) is 4.81. The molecule has 1 atom stereocenters. The SMILES string of the molecule is Cc1ccc(C)c(C(=O)N(C)CC(C)C(N)=S)c1. The molecule has 1 amide bonds. The number of aryl methyl sites for hydroxylation is 2. The summed E-state index contributed by atoms with van der Waals surface area (Å²) in [5.41, 5.74) is 8.38. The van der Waals surface area contributed by atoms with Crippen molar-refractivity contribution in [2.24, 2.45) is 11.7 Å². The largest absolute Gasteiger partial charge is 0.393 e. The lowest BCUT2D eigenvalue weighted by Crippen LogP contribution is -2.35. The number of nitrogens with zero attached hydrogens (tertiary/aromatic N) is 1. The molecule has 0 fully saturated rings. The van der Waals surface area contributed by atoms with Gasteiger partial charge in [-0.2, -0.15) is 0 Å². The van der Waals surface area contributed by atoms with Crippen LogP contribution in [0.25, 0.3) is 0 Å². The van der Waals surface area contributed by atoms with Crippen molar-refractivity contribution in [3.05, 3.63) is 34.9 Å². The van der Waals surface area contributed by atoms with Crippen molar-refractivity contribution in [1.29, 1.82) is 0 Å². The molecule has 1 rings (SSSR count). The predicted molar refractivity (Wildman–Crippen MR) is 78.8 cm³/mol. The van der Waals surface area contributed by atoms with Crippen LogP contribution in [0, 0.1) is 19.8 Å². The highest BCUT2D eigenvalue weighted by Crippen LogP contribution is 2.13. The zero-order valence-corrected chi connectivity index (χ0v) is 12.2. The molecule has 0 aliphatic rings. The van der Waals surface area contributed by atoms with Crippen LogP contribution in [0.5, 0.6) is 0 Å². The first-order valence-corrected chi connectivity index (χ1v) is 6.35. The molecule has 1 unspecified atom stereocenters. The van der Waals surface area contributed by atoms with E-state index >= 15 is 0 Å². The minimum atomic E-state index is 0.0132.